The molecule has 0 unspecified atom stereocenters. The maximum Gasteiger partial charge on any atom is 0.215 e. The second-order valence-corrected chi connectivity index (χ2v) is 7.66. The van der Waals surface area contributed by atoms with Gasteiger partial charge in [-0.05, 0) is 37.5 Å². The van der Waals surface area contributed by atoms with Crippen molar-refractivity contribution in [3.05, 3.63) is 70.0 Å². The molecule has 1 N–H and O–H groups in total. The highest BCUT2D eigenvalue weighted by atomic mass is 35.5. The van der Waals surface area contributed by atoms with Crippen LogP contribution in [0.4, 0.5) is 4.39 Å². The Labute approximate surface area is 141 Å². The molecule has 0 fully saturated rings. The number of nitrogens with one attached hydrogen (secondary N) is 1. The topological polar surface area (TPSA) is 46.2 Å². The number of hydrogen-bond donors (Lipinski definition) is 1. The van der Waals surface area contributed by atoms with E-state index < -0.39 is 21.6 Å². The SMILES string of the molecule is Cc1cccc(CCCNS(=O)(=O)Cc2c(F)cccc2Cl)c1. The Morgan fingerprint density at radius 2 is 1.91 bits per heavy atom. The van der Waals surface area contributed by atoms with E-state index in [4.69, 9.17) is 11.6 Å². The lowest BCUT2D eigenvalue weighted by molar-refractivity contribution is 0.572. The fraction of sp³-hybridized carbons (Fsp3) is 0.294. The average Bonchev–Trinajstić information content (AvgIpc) is 2.48. The fourth-order valence-electron chi connectivity index (χ4n) is 2.30. The van der Waals surface area contributed by atoms with Gasteiger partial charge in [-0.1, -0.05) is 47.5 Å². The van der Waals surface area contributed by atoms with Gasteiger partial charge in [0, 0.05) is 17.1 Å². The van der Waals surface area contributed by atoms with Gasteiger partial charge in [0.2, 0.25) is 10.0 Å². The first kappa shape index (κ1) is 17.9. The Morgan fingerprint density at radius 3 is 2.61 bits per heavy atom. The summed E-state index contributed by atoms with van der Waals surface area (Å²) in [6, 6.07) is 12.2. The predicted molar refractivity (Wildman–Crippen MR) is 91.5 cm³/mol. The number of sulfonamides is 1. The quantitative estimate of drug-likeness (QED) is 0.767. The van der Waals surface area contributed by atoms with Crippen molar-refractivity contribution in [2.24, 2.45) is 0 Å². The van der Waals surface area contributed by atoms with Gasteiger partial charge in [-0.3, -0.25) is 0 Å². The molecule has 0 atom stereocenters. The van der Waals surface area contributed by atoms with Gasteiger partial charge in [0.25, 0.3) is 0 Å². The largest absolute Gasteiger partial charge is 0.215 e. The van der Waals surface area contributed by atoms with Crippen LogP contribution in [-0.4, -0.2) is 15.0 Å². The highest BCUT2D eigenvalue weighted by Crippen LogP contribution is 2.21. The van der Waals surface area contributed by atoms with Crippen LogP contribution in [0.1, 0.15) is 23.1 Å². The lowest BCUT2D eigenvalue weighted by Crippen LogP contribution is -2.27. The van der Waals surface area contributed by atoms with E-state index in [0.29, 0.717) is 13.0 Å². The standard InChI is InChI=1S/C17H19ClFNO2S/c1-13-5-2-6-14(11-13)7-4-10-20-23(21,22)12-15-16(18)8-3-9-17(15)19/h2-3,5-6,8-9,11,20H,4,7,10,12H2,1H3. The summed E-state index contributed by atoms with van der Waals surface area (Å²) < 4.78 is 40.2. The van der Waals surface area contributed by atoms with E-state index >= 15 is 0 Å². The van der Waals surface area contributed by atoms with Crippen LogP contribution in [0.5, 0.6) is 0 Å². The molecule has 0 saturated heterocycles. The van der Waals surface area contributed by atoms with Crippen LogP contribution in [-0.2, 0) is 22.2 Å². The molecule has 0 aliphatic carbocycles. The Morgan fingerprint density at radius 1 is 1.17 bits per heavy atom. The molecule has 2 aromatic carbocycles. The normalized spacial score (nSPS) is 11.6. The summed E-state index contributed by atoms with van der Waals surface area (Å²) in [6.07, 6.45) is 1.46. The Kier molecular flexibility index (Phi) is 6.16. The zero-order chi connectivity index (χ0) is 16.9. The molecular weight excluding hydrogens is 337 g/mol. The van der Waals surface area contributed by atoms with Crippen LogP contribution in [0.2, 0.25) is 5.02 Å². The van der Waals surface area contributed by atoms with Crippen LogP contribution < -0.4 is 4.72 Å². The van der Waals surface area contributed by atoms with E-state index in [1.807, 2.05) is 25.1 Å². The van der Waals surface area contributed by atoms with E-state index in [1.165, 1.54) is 29.3 Å². The highest BCUT2D eigenvalue weighted by molar-refractivity contribution is 7.88. The third kappa shape index (κ3) is 5.61. The lowest BCUT2D eigenvalue weighted by Gasteiger charge is -2.09. The first-order valence-corrected chi connectivity index (χ1v) is 9.36. The summed E-state index contributed by atoms with van der Waals surface area (Å²) in [4.78, 5) is 0. The van der Waals surface area contributed by atoms with Crippen LogP contribution in [0.25, 0.3) is 0 Å². The van der Waals surface area contributed by atoms with Crippen molar-refractivity contribution in [1.82, 2.24) is 4.72 Å². The molecular formula is C17H19ClFNO2S. The molecule has 0 radical (unpaired) electrons. The number of aryl methyl sites for hydroxylation is 2. The van der Waals surface area contributed by atoms with E-state index in [9.17, 15) is 12.8 Å². The Hall–Kier alpha value is -1.43. The smallest absolute Gasteiger partial charge is 0.215 e. The number of hydrogen-bond acceptors (Lipinski definition) is 2. The molecule has 2 rings (SSSR count). The second-order valence-electron chi connectivity index (χ2n) is 5.45. The second kappa shape index (κ2) is 7.90. The number of halogens is 2. The number of benzene rings is 2. The van der Waals surface area contributed by atoms with Gasteiger partial charge in [-0.2, -0.15) is 0 Å². The molecule has 0 bridgehead atoms. The molecule has 0 spiro atoms. The molecule has 124 valence electrons. The summed E-state index contributed by atoms with van der Waals surface area (Å²) in [6.45, 7) is 2.33. The van der Waals surface area contributed by atoms with Crippen LogP contribution in [0, 0.1) is 12.7 Å². The molecule has 2 aromatic rings. The maximum atomic E-state index is 13.7. The fourth-order valence-corrected chi connectivity index (χ4v) is 3.84. The third-order valence-electron chi connectivity index (χ3n) is 3.44. The summed E-state index contributed by atoms with van der Waals surface area (Å²) in [5, 5.41) is 0.120. The van der Waals surface area contributed by atoms with E-state index in [-0.39, 0.29) is 10.6 Å². The molecule has 6 heteroatoms. The molecule has 0 saturated carbocycles. The average molecular weight is 356 g/mol. The molecule has 0 heterocycles. The molecule has 0 aromatic heterocycles. The summed E-state index contributed by atoms with van der Waals surface area (Å²) in [5.41, 5.74) is 2.35. The zero-order valence-electron chi connectivity index (χ0n) is 12.9. The summed E-state index contributed by atoms with van der Waals surface area (Å²) in [7, 11) is -3.62. The summed E-state index contributed by atoms with van der Waals surface area (Å²) in [5.74, 6) is -1.06. The highest BCUT2D eigenvalue weighted by Gasteiger charge is 2.16. The maximum absolute atomic E-state index is 13.7. The van der Waals surface area contributed by atoms with Crippen molar-refractivity contribution in [1.29, 1.82) is 0 Å². The molecule has 23 heavy (non-hydrogen) atoms. The molecule has 3 nitrogen and oxygen atoms in total. The Bertz CT molecular complexity index is 758. The van der Waals surface area contributed by atoms with Gasteiger partial charge in [0.05, 0.1) is 5.75 Å². The predicted octanol–water partition coefficient (Wildman–Crippen LogP) is 3.84. The van der Waals surface area contributed by atoms with Crippen molar-refractivity contribution in [2.45, 2.75) is 25.5 Å². The van der Waals surface area contributed by atoms with Crippen LogP contribution in [0.15, 0.2) is 42.5 Å². The molecule has 0 amide bonds. The molecule has 0 aliphatic heterocycles. The zero-order valence-corrected chi connectivity index (χ0v) is 14.4. The van der Waals surface area contributed by atoms with Crippen molar-refractivity contribution in [2.75, 3.05) is 6.54 Å². The first-order chi connectivity index (χ1) is 10.9. The molecule has 0 aliphatic rings. The Balaban J connectivity index is 1.87. The van der Waals surface area contributed by atoms with E-state index in [0.717, 1.165) is 6.42 Å². The van der Waals surface area contributed by atoms with E-state index in [2.05, 4.69) is 10.8 Å². The lowest BCUT2D eigenvalue weighted by atomic mass is 10.1. The third-order valence-corrected chi connectivity index (χ3v) is 5.11. The minimum Gasteiger partial charge on any atom is -0.215 e. The number of rotatable bonds is 7. The van der Waals surface area contributed by atoms with Crippen molar-refractivity contribution >= 4 is 21.6 Å². The van der Waals surface area contributed by atoms with Gasteiger partial charge in [0.15, 0.2) is 0 Å². The minimum absolute atomic E-state index is 0.000325. The van der Waals surface area contributed by atoms with Crippen molar-refractivity contribution in [3.8, 4) is 0 Å². The summed E-state index contributed by atoms with van der Waals surface area (Å²) >= 11 is 5.86. The van der Waals surface area contributed by atoms with Crippen LogP contribution >= 0.6 is 11.6 Å². The van der Waals surface area contributed by atoms with Crippen molar-refractivity contribution < 1.29 is 12.8 Å². The van der Waals surface area contributed by atoms with Gasteiger partial charge in [-0.15, -0.1) is 0 Å². The van der Waals surface area contributed by atoms with Crippen molar-refractivity contribution in [3.63, 3.8) is 0 Å². The van der Waals surface area contributed by atoms with Crippen LogP contribution in [0.3, 0.4) is 0 Å². The van der Waals surface area contributed by atoms with Gasteiger partial charge in [-0.25, -0.2) is 17.5 Å². The van der Waals surface area contributed by atoms with Gasteiger partial charge < -0.3 is 0 Å². The monoisotopic (exact) mass is 355 g/mol. The van der Waals surface area contributed by atoms with Gasteiger partial charge >= 0.3 is 0 Å². The van der Waals surface area contributed by atoms with E-state index in [1.54, 1.807) is 0 Å². The van der Waals surface area contributed by atoms with Gasteiger partial charge in [0.1, 0.15) is 5.82 Å². The first-order valence-electron chi connectivity index (χ1n) is 7.33. The minimum atomic E-state index is -3.62.